The predicted molar refractivity (Wildman–Crippen MR) is 82.0 cm³/mol. The first-order valence-electron chi connectivity index (χ1n) is 6.34. The monoisotopic (exact) mass is 375 g/mol. The lowest BCUT2D eigenvalue weighted by atomic mass is 10.1. The molecule has 0 spiro atoms. The number of nitrogens with one attached hydrogen (secondary N) is 1. The van der Waals surface area contributed by atoms with E-state index in [1.807, 2.05) is 13.8 Å². The third kappa shape index (κ3) is 3.79. The molecule has 2 N–H and O–H groups in total. The van der Waals surface area contributed by atoms with E-state index in [9.17, 15) is 18.0 Å². The van der Waals surface area contributed by atoms with Crippen LogP contribution in [-0.2, 0) is 0 Å². The maximum atomic E-state index is 13.8. The van der Waals surface area contributed by atoms with Crippen LogP contribution in [0, 0.1) is 17.5 Å². The first kappa shape index (κ1) is 18.0. The van der Waals surface area contributed by atoms with Gasteiger partial charge in [0.2, 0.25) is 0 Å². The van der Waals surface area contributed by atoms with Gasteiger partial charge in [-0.2, -0.15) is 0 Å². The molecule has 0 amide bonds. The summed E-state index contributed by atoms with van der Waals surface area (Å²) in [6.45, 7) is 4.00. The van der Waals surface area contributed by atoms with Crippen molar-refractivity contribution in [2.45, 2.75) is 13.8 Å². The maximum absolute atomic E-state index is 13.8. The number of hydrogen-bond donors (Lipinski definition) is 2. The van der Waals surface area contributed by atoms with E-state index in [0.717, 1.165) is 12.1 Å². The molecule has 0 aliphatic carbocycles. The summed E-state index contributed by atoms with van der Waals surface area (Å²) in [6.07, 6.45) is 0. The zero-order valence-electron chi connectivity index (χ0n) is 11.8. The number of para-hydroxylation sites is 1. The van der Waals surface area contributed by atoms with Crippen LogP contribution in [0.5, 0.6) is 0 Å². The lowest BCUT2D eigenvalue weighted by Crippen LogP contribution is -2.08. The van der Waals surface area contributed by atoms with Gasteiger partial charge in [-0.3, -0.25) is 0 Å². The molecule has 2 aromatic rings. The molecule has 0 fully saturated rings. The molecule has 22 heavy (non-hydrogen) atoms. The Hall–Kier alpha value is -2.02. The second-order valence-electron chi connectivity index (χ2n) is 3.82. The summed E-state index contributed by atoms with van der Waals surface area (Å²) in [6, 6.07) is 6.18. The van der Waals surface area contributed by atoms with Crippen LogP contribution < -0.4 is 5.32 Å². The molecule has 0 saturated carbocycles. The molecule has 3 nitrogen and oxygen atoms in total. The third-order valence-electron chi connectivity index (χ3n) is 2.53. The van der Waals surface area contributed by atoms with Crippen LogP contribution in [0.15, 0.2) is 34.8 Å². The van der Waals surface area contributed by atoms with Crippen molar-refractivity contribution in [2.24, 2.45) is 0 Å². The van der Waals surface area contributed by atoms with E-state index in [0.29, 0.717) is 0 Å². The zero-order valence-corrected chi connectivity index (χ0v) is 13.3. The zero-order chi connectivity index (χ0) is 16.9. The van der Waals surface area contributed by atoms with Crippen molar-refractivity contribution in [3.63, 3.8) is 0 Å². The Morgan fingerprint density at radius 3 is 2.27 bits per heavy atom. The summed E-state index contributed by atoms with van der Waals surface area (Å²) < 4.78 is 40.5. The number of halogens is 4. The Kier molecular flexibility index (Phi) is 6.42. The predicted octanol–water partition coefficient (Wildman–Crippen LogP) is 5.33. The van der Waals surface area contributed by atoms with Crippen LogP contribution in [0.2, 0.25) is 0 Å². The van der Waals surface area contributed by atoms with Gasteiger partial charge >= 0.3 is 5.97 Å². The highest BCUT2D eigenvalue weighted by Gasteiger charge is 2.22. The van der Waals surface area contributed by atoms with Crippen molar-refractivity contribution in [3.8, 4) is 0 Å². The third-order valence-corrected chi connectivity index (χ3v) is 3.10. The van der Waals surface area contributed by atoms with Crippen LogP contribution in [0.4, 0.5) is 24.5 Å². The fourth-order valence-electron chi connectivity index (χ4n) is 1.58. The van der Waals surface area contributed by atoms with Crippen LogP contribution in [-0.4, -0.2) is 11.1 Å². The highest BCUT2D eigenvalue weighted by atomic mass is 79.9. The molecule has 0 aliphatic rings. The molecule has 0 aromatic heterocycles. The number of hydrogen-bond acceptors (Lipinski definition) is 2. The fourth-order valence-corrected chi connectivity index (χ4v) is 1.99. The average Bonchev–Trinajstić information content (AvgIpc) is 2.51. The van der Waals surface area contributed by atoms with Gasteiger partial charge in [0.25, 0.3) is 0 Å². The fraction of sp³-hybridized carbons (Fsp3) is 0.133. The Morgan fingerprint density at radius 1 is 1.14 bits per heavy atom. The highest BCUT2D eigenvalue weighted by molar-refractivity contribution is 9.10. The minimum absolute atomic E-state index is 0.157. The molecular weight excluding hydrogens is 363 g/mol. The van der Waals surface area contributed by atoms with Gasteiger partial charge in [0.05, 0.1) is 21.4 Å². The lowest BCUT2D eigenvalue weighted by molar-refractivity contribution is 0.0697. The average molecular weight is 376 g/mol. The molecule has 0 bridgehead atoms. The van der Waals surface area contributed by atoms with E-state index in [1.165, 1.54) is 18.2 Å². The minimum atomic E-state index is -1.47. The second kappa shape index (κ2) is 7.84. The molecule has 0 atom stereocenters. The first-order chi connectivity index (χ1) is 10.4. The standard InChI is InChI=1S/C13H7BrF3NO2.C2H6/c14-7-5-6(13(19)20)12(11(17)10(7)16)18-9-4-2-1-3-8(9)15;1-2/h1-5,18H,(H,19,20);1-2H3. The van der Waals surface area contributed by atoms with Gasteiger partial charge in [-0.15, -0.1) is 0 Å². The second-order valence-corrected chi connectivity index (χ2v) is 4.67. The molecule has 118 valence electrons. The lowest BCUT2D eigenvalue weighted by Gasteiger charge is -2.12. The number of carboxylic acid groups (broad SMARTS) is 1. The molecule has 0 aliphatic heterocycles. The number of carbonyl (C=O) groups is 1. The number of carboxylic acids is 1. The molecule has 7 heteroatoms. The van der Waals surface area contributed by atoms with Crippen molar-refractivity contribution in [3.05, 3.63) is 57.8 Å². The molecule has 2 aromatic carbocycles. The Bertz CT molecular complexity index is 693. The summed E-state index contributed by atoms with van der Waals surface area (Å²) in [4.78, 5) is 11.1. The molecule has 0 radical (unpaired) electrons. The van der Waals surface area contributed by atoms with Crippen molar-refractivity contribution >= 4 is 33.3 Å². The Labute approximate surface area is 133 Å². The molecular formula is C15H13BrF3NO2. The molecule has 0 heterocycles. The number of rotatable bonds is 3. The quantitative estimate of drug-likeness (QED) is 0.712. The van der Waals surface area contributed by atoms with Gasteiger partial charge in [-0.05, 0) is 34.1 Å². The Balaban J connectivity index is 0.00000116. The largest absolute Gasteiger partial charge is 0.478 e. The van der Waals surface area contributed by atoms with E-state index < -0.39 is 34.7 Å². The maximum Gasteiger partial charge on any atom is 0.337 e. The van der Waals surface area contributed by atoms with Crippen molar-refractivity contribution in [2.75, 3.05) is 5.32 Å². The first-order valence-corrected chi connectivity index (χ1v) is 7.13. The van der Waals surface area contributed by atoms with Crippen LogP contribution >= 0.6 is 15.9 Å². The molecule has 0 saturated heterocycles. The summed E-state index contributed by atoms with van der Waals surface area (Å²) in [5.41, 5.74) is -1.31. The summed E-state index contributed by atoms with van der Waals surface area (Å²) in [7, 11) is 0. The van der Waals surface area contributed by atoms with Crippen LogP contribution in [0.1, 0.15) is 24.2 Å². The minimum Gasteiger partial charge on any atom is -0.478 e. The smallest absolute Gasteiger partial charge is 0.337 e. The van der Waals surface area contributed by atoms with Crippen molar-refractivity contribution in [1.82, 2.24) is 0 Å². The number of aromatic carboxylic acids is 1. The molecule has 0 unspecified atom stereocenters. The van der Waals surface area contributed by atoms with Gasteiger partial charge in [0, 0.05) is 0 Å². The molecule has 2 rings (SSSR count). The number of benzene rings is 2. The SMILES string of the molecule is CC.O=C(O)c1cc(Br)c(F)c(F)c1Nc1ccccc1F. The normalized spacial score (nSPS) is 9.73. The summed E-state index contributed by atoms with van der Waals surface area (Å²) in [5.74, 6) is -4.84. The van der Waals surface area contributed by atoms with E-state index >= 15 is 0 Å². The van der Waals surface area contributed by atoms with Crippen LogP contribution in [0.25, 0.3) is 0 Å². The van der Waals surface area contributed by atoms with Gasteiger partial charge in [0.1, 0.15) is 5.82 Å². The van der Waals surface area contributed by atoms with Gasteiger partial charge < -0.3 is 10.4 Å². The van der Waals surface area contributed by atoms with E-state index in [4.69, 9.17) is 5.11 Å². The van der Waals surface area contributed by atoms with Crippen molar-refractivity contribution < 1.29 is 23.1 Å². The van der Waals surface area contributed by atoms with Gasteiger partial charge in [-0.25, -0.2) is 18.0 Å². The van der Waals surface area contributed by atoms with Gasteiger partial charge in [-0.1, -0.05) is 26.0 Å². The Morgan fingerprint density at radius 2 is 1.73 bits per heavy atom. The topological polar surface area (TPSA) is 49.3 Å². The summed E-state index contributed by atoms with van der Waals surface area (Å²) >= 11 is 2.72. The summed E-state index contributed by atoms with van der Waals surface area (Å²) in [5, 5.41) is 11.3. The van der Waals surface area contributed by atoms with E-state index in [-0.39, 0.29) is 10.2 Å². The van der Waals surface area contributed by atoms with E-state index in [1.54, 1.807) is 0 Å². The van der Waals surface area contributed by atoms with Crippen molar-refractivity contribution in [1.29, 1.82) is 0 Å². The van der Waals surface area contributed by atoms with Gasteiger partial charge in [0.15, 0.2) is 11.6 Å². The van der Waals surface area contributed by atoms with Crippen LogP contribution in [0.3, 0.4) is 0 Å². The number of anilines is 2. The van der Waals surface area contributed by atoms with E-state index in [2.05, 4.69) is 21.2 Å². The highest BCUT2D eigenvalue weighted by Crippen LogP contribution is 2.31.